The van der Waals surface area contributed by atoms with Crippen molar-refractivity contribution in [3.05, 3.63) is 84.0 Å². The number of allylic oxidation sites excluding steroid dienone is 1. The van der Waals surface area contributed by atoms with Crippen molar-refractivity contribution in [1.29, 1.82) is 0 Å². The topological polar surface area (TPSA) is 81.9 Å². The second-order valence-corrected chi connectivity index (χ2v) is 9.70. The molecule has 4 rings (SSSR count). The highest BCUT2D eigenvalue weighted by Gasteiger charge is 2.19. The normalized spacial score (nSPS) is 14.6. The molecule has 1 aromatic carbocycles. The fourth-order valence-corrected chi connectivity index (χ4v) is 4.81. The van der Waals surface area contributed by atoms with Crippen LogP contribution >= 0.6 is 11.8 Å². The highest BCUT2D eigenvalue weighted by Crippen LogP contribution is 2.31. The Labute approximate surface area is 216 Å². The molecule has 1 aliphatic carbocycles. The van der Waals surface area contributed by atoms with E-state index in [0.29, 0.717) is 16.6 Å². The van der Waals surface area contributed by atoms with E-state index in [4.69, 9.17) is 4.74 Å². The molecular weight excluding hydrogens is 470 g/mol. The second-order valence-electron chi connectivity index (χ2n) is 8.49. The Hall–Kier alpha value is -3.83. The van der Waals surface area contributed by atoms with Crippen LogP contribution in [0, 0.1) is 18.8 Å². The first-order valence-electron chi connectivity index (χ1n) is 11.9. The summed E-state index contributed by atoms with van der Waals surface area (Å²) in [5.41, 5.74) is 3.24. The van der Waals surface area contributed by atoms with Crippen LogP contribution in [0.4, 0.5) is 0 Å². The Morgan fingerprint density at radius 1 is 1.33 bits per heavy atom. The van der Waals surface area contributed by atoms with Gasteiger partial charge in [-0.15, -0.1) is 10.2 Å². The predicted octanol–water partition coefficient (Wildman–Crippen LogP) is 4.79. The number of nitrogens with zero attached hydrogens (tertiary/aromatic N) is 4. The minimum atomic E-state index is -0.194. The quantitative estimate of drug-likeness (QED) is 0.273. The van der Waals surface area contributed by atoms with Crippen LogP contribution in [0.2, 0.25) is 0 Å². The number of aromatic nitrogens is 4. The van der Waals surface area contributed by atoms with Crippen molar-refractivity contribution in [2.75, 3.05) is 6.54 Å². The Balaban J connectivity index is 1.46. The molecule has 1 atom stereocenters. The molecule has 2 aromatic heterocycles. The third kappa shape index (κ3) is 6.64. The summed E-state index contributed by atoms with van der Waals surface area (Å²) in [6.07, 6.45) is 11.5. The molecule has 0 radical (unpaired) electrons. The van der Waals surface area contributed by atoms with E-state index >= 15 is 0 Å². The van der Waals surface area contributed by atoms with Crippen molar-refractivity contribution in [3.8, 4) is 23.3 Å². The van der Waals surface area contributed by atoms with E-state index in [2.05, 4.69) is 51.1 Å². The molecule has 3 aromatic rings. The lowest BCUT2D eigenvalue weighted by molar-refractivity contribution is -0.117. The molecule has 0 fully saturated rings. The molecule has 1 unspecified atom stereocenters. The van der Waals surface area contributed by atoms with E-state index in [1.165, 1.54) is 6.42 Å². The molecule has 2 heterocycles. The van der Waals surface area contributed by atoms with E-state index in [-0.39, 0.29) is 19.1 Å². The molecule has 0 saturated heterocycles. The average Bonchev–Trinajstić information content (AvgIpc) is 3.29. The number of aryl methyl sites for hydroxylation is 1. The molecule has 1 aliphatic rings. The lowest BCUT2D eigenvalue weighted by Gasteiger charge is -2.16. The minimum Gasteiger partial charge on any atom is -0.486 e. The van der Waals surface area contributed by atoms with Gasteiger partial charge in [-0.2, -0.15) is 0 Å². The first-order chi connectivity index (χ1) is 17.5. The summed E-state index contributed by atoms with van der Waals surface area (Å²) < 4.78 is 8.11. The molecule has 0 aliphatic heterocycles. The lowest BCUT2D eigenvalue weighted by atomic mass is 10.1. The molecule has 184 valence electrons. The van der Waals surface area contributed by atoms with Gasteiger partial charge in [0.2, 0.25) is 5.91 Å². The van der Waals surface area contributed by atoms with Gasteiger partial charge in [-0.25, -0.2) is 0 Å². The number of hydrogen-bond acceptors (Lipinski definition) is 6. The van der Waals surface area contributed by atoms with Crippen molar-refractivity contribution < 1.29 is 9.53 Å². The summed E-state index contributed by atoms with van der Waals surface area (Å²) in [6.45, 7) is 7.79. The molecule has 0 saturated carbocycles. The predicted molar refractivity (Wildman–Crippen MR) is 142 cm³/mol. The zero-order chi connectivity index (χ0) is 25.3. The first kappa shape index (κ1) is 25.3. The van der Waals surface area contributed by atoms with Gasteiger partial charge in [0.05, 0.1) is 18.4 Å². The van der Waals surface area contributed by atoms with Crippen molar-refractivity contribution >= 4 is 17.7 Å². The maximum absolute atomic E-state index is 11.6. The fourth-order valence-electron chi connectivity index (χ4n) is 3.66. The van der Waals surface area contributed by atoms with Gasteiger partial charge >= 0.3 is 0 Å². The van der Waals surface area contributed by atoms with Crippen molar-refractivity contribution in [1.82, 2.24) is 25.1 Å². The molecule has 8 heteroatoms. The zero-order valence-corrected chi connectivity index (χ0v) is 21.3. The minimum absolute atomic E-state index is 0.194. The van der Waals surface area contributed by atoms with Gasteiger partial charge in [0, 0.05) is 22.6 Å². The summed E-state index contributed by atoms with van der Waals surface area (Å²) in [5, 5.41) is 12.8. The Morgan fingerprint density at radius 2 is 2.22 bits per heavy atom. The molecule has 0 bridgehead atoms. The third-order valence-corrected chi connectivity index (χ3v) is 6.76. The van der Waals surface area contributed by atoms with Crippen LogP contribution in [0.1, 0.15) is 43.1 Å². The highest BCUT2D eigenvalue weighted by molar-refractivity contribution is 7.99. The number of ether oxygens (including phenoxy) is 1. The third-order valence-electron chi connectivity index (χ3n) is 5.59. The smallest absolute Gasteiger partial charge is 0.247 e. The lowest BCUT2D eigenvalue weighted by Crippen LogP contribution is -2.23. The Morgan fingerprint density at radius 3 is 2.94 bits per heavy atom. The van der Waals surface area contributed by atoms with Crippen molar-refractivity contribution in [3.63, 3.8) is 0 Å². The summed E-state index contributed by atoms with van der Waals surface area (Å²) in [6, 6.07) is 9.65. The maximum Gasteiger partial charge on any atom is 0.247 e. The zero-order valence-electron chi connectivity index (χ0n) is 20.5. The number of thioether (sulfide) groups is 1. The Kier molecular flexibility index (Phi) is 8.58. The van der Waals surface area contributed by atoms with Crippen LogP contribution in [-0.2, 0) is 11.4 Å². The SMILES string of the molecule is C=C(C)C(=O)NCC#Cc1ccc(OCc2nnc(SC3C=CCCC3)n2-c2cccnc2)cc1C. The second kappa shape index (κ2) is 12.2. The van der Waals surface area contributed by atoms with Gasteiger partial charge in [0.25, 0.3) is 0 Å². The summed E-state index contributed by atoms with van der Waals surface area (Å²) in [5.74, 6) is 7.29. The van der Waals surface area contributed by atoms with Crippen LogP contribution < -0.4 is 10.1 Å². The molecular formula is C28H29N5O2S. The van der Waals surface area contributed by atoms with Crippen LogP contribution in [0.25, 0.3) is 5.69 Å². The average molecular weight is 500 g/mol. The molecule has 0 spiro atoms. The van der Waals surface area contributed by atoms with Crippen molar-refractivity contribution in [2.24, 2.45) is 0 Å². The summed E-state index contributed by atoms with van der Waals surface area (Å²) >= 11 is 1.72. The summed E-state index contributed by atoms with van der Waals surface area (Å²) in [4.78, 5) is 15.8. The van der Waals surface area contributed by atoms with Gasteiger partial charge in [-0.1, -0.05) is 42.3 Å². The number of hydrogen-bond donors (Lipinski definition) is 1. The van der Waals surface area contributed by atoms with E-state index in [1.54, 1.807) is 24.9 Å². The number of pyridine rings is 1. The van der Waals surface area contributed by atoms with E-state index in [0.717, 1.165) is 40.6 Å². The van der Waals surface area contributed by atoms with Crippen molar-refractivity contribution in [2.45, 2.75) is 50.1 Å². The summed E-state index contributed by atoms with van der Waals surface area (Å²) in [7, 11) is 0. The largest absolute Gasteiger partial charge is 0.486 e. The number of carbonyl (C=O) groups excluding carboxylic acids is 1. The van der Waals surface area contributed by atoms with Crippen LogP contribution in [0.3, 0.4) is 0 Å². The van der Waals surface area contributed by atoms with E-state index in [9.17, 15) is 4.79 Å². The number of benzene rings is 1. The van der Waals surface area contributed by atoms with E-state index < -0.39 is 0 Å². The standard InChI is InChI=1S/C28H29N5O2S/c1-20(2)27(34)30-16-7-9-22-13-14-24(17-21(22)3)35-19-26-31-32-28(36-25-11-5-4-6-12-25)33(26)23-10-8-15-29-18-23/h5,8,10-11,13-15,17-18,25H,1,4,6,12,16,19H2,2-3H3,(H,30,34). The number of carbonyl (C=O) groups is 1. The molecule has 36 heavy (non-hydrogen) atoms. The van der Waals surface area contributed by atoms with Gasteiger partial charge in [-0.05, 0) is 69.0 Å². The van der Waals surface area contributed by atoms with E-state index in [1.807, 2.05) is 48.0 Å². The van der Waals surface area contributed by atoms with Gasteiger partial charge in [-0.3, -0.25) is 14.3 Å². The number of rotatable bonds is 8. The maximum atomic E-state index is 11.6. The van der Waals surface area contributed by atoms with Crippen LogP contribution in [0.15, 0.2) is 72.2 Å². The van der Waals surface area contributed by atoms with Crippen LogP contribution in [-0.4, -0.2) is 37.5 Å². The fraction of sp³-hybridized carbons (Fsp3) is 0.286. The van der Waals surface area contributed by atoms with Gasteiger partial charge in [0.1, 0.15) is 12.4 Å². The van der Waals surface area contributed by atoms with Crippen LogP contribution in [0.5, 0.6) is 5.75 Å². The molecule has 7 nitrogen and oxygen atoms in total. The molecule has 1 amide bonds. The number of nitrogens with one attached hydrogen (secondary N) is 1. The molecule has 1 N–H and O–H groups in total. The number of amides is 1. The monoisotopic (exact) mass is 499 g/mol. The Bertz CT molecular complexity index is 1320. The van der Waals surface area contributed by atoms with Gasteiger partial charge in [0.15, 0.2) is 11.0 Å². The first-order valence-corrected chi connectivity index (χ1v) is 12.7. The highest BCUT2D eigenvalue weighted by atomic mass is 32.2. The van der Waals surface area contributed by atoms with Gasteiger partial charge < -0.3 is 10.1 Å².